The van der Waals surface area contributed by atoms with Crippen LogP contribution in [0.2, 0.25) is 0 Å². The van der Waals surface area contributed by atoms with Crippen LogP contribution in [-0.4, -0.2) is 47.3 Å². The first kappa shape index (κ1) is 22.5. The molecule has 0 aliphatic carbocycles. The fourth-order valence-corrected chi connectivity index (χ4v) is 2.74. The van der Waals surface area contributed by atoms with Crippen LogP contribution in [0.5, 0.6) is 0 Å². The summed E-state index contributed by atoms with van der Waals surface area (Å²) in [5.74, 6) is -1.92. The first-order valence-electron chi connectivity index (χ1n) is 9.37. The van der Waals surface area contributed by atoms with Crippen molar-refractivity contribution in [2.45, 2.75) is 20.3 Å². The van der Waals surface area contributed by atoms with Crippen LogP contribution in [-0.2, 0) is 14.3 Å². The van der Waals surface area contributed by atoms with Gasteiger partial charge in [-0.3, -0.25) is 19.7 Å². The number of esters is 1. The predicted octanol–water partition coefficient (Wildman–Crippen LogP) is 2.94. The second kappa shape index (κ2) is 10.7. The maximum Gasteiger partial charge on any atom is 0.345 e. The molecule has 2 aromatic rings. The molecule has 0 saturated heterocycles. The average molecular weight is 413 g/mol. The lowest BCUT2D eigenvalue weighted by molar-refractivity contribution is -0.385. The van der Waals surface area contributed by atoms with Crippen LogP contribution in [0.15, 0.2) is 48.5 Å². The molecule has 0 radical (unpaired) electrons. The molecule has 0 aromatic heterocycles. The van der Waals surface area contributed by atoms with Crippen LogP contribution in [0.1, 0.15) is 29.3 Å². The van der Waals surface area contributed by atoms with E-state index in [-0.39, 0.29) is 18.0 Å². The molecule has 0 fully saturated rings. The molecule has 0 saturated carbocycles. The number of para-hydroxylation sites is 2. The molecule has 2 amide bonds. The molecule has 0 bridgehead atoms. The molecule has 0 aliphatic heterocycles. The second-order valence-electron chi connectivity index (χ2n) is 6.53. The van der Waals surface area contributed by atoms with Crippen LogP contribution >= 0.6 is 0 Å². The number of nitro groups is 1. The highest BCUT2D eigenvalue weighted by atomic mass is 16.6. The van der Waals surface area contributed by atoms with E-state index < -0.39 is 29.1 Å². The Morgan fingerprint density at radius 2 is 1.77 bits per heavy atom. The van der Waals surface area contributed by atoms with Crippen LogP contribution in [0.4, 0.5) is 11.4 Å². The van der Waals surface area contributed by atoms with Gasteiger partial charge >= 0.3 is 5.97 Å². The number of benzene rings is 2. The Hall–Kier alpha value is -3.75. The van der Waals surface area contributed by atoms with Gasteiger partial charge in [0.1, 0.15) is 5.56 Å². The Morgan fingerprint density at radius 3 is 2.43 bits per heavy atom. The number of amides is 2. The highest BCUT2D eigenvalue weighted by molar-refractivity contribution is 5.97. The number of hydrogen-bond donors (Lipinski definition) is 1. The summed E-state index contributed by atoms with van der Waals surface area (Å²) >= 11 is 0. The molecule has 1 N–H and O–H groups in total. The van der Waals surface area contributed by atoms with Gasteiger partial charge in [-0.2, -0.15) is 0 Å². The smallest absolute Gasteiger partial charge is 0.345 e. The summed E-state index contributed by atoms with van der Waals surface area (Å²) in [6.07, 6.45) is 0.599. The summed E-state index contributed by atoms with van der Waals surface area (Å²) in [5.41, 5.74) is 0.888. The van der Waals surface area contributed by atoms with Crippen LogP contribution in [0, 0.1) is 17.0 Å². The standard InChI is InChI=1S/C21H23N3O6/c1-3-12-23(13-19(25)22-17-10-6-4-8-15(17)2)20(26)14-30-21(27)16-9-5-7-11-18(16)24(28)29/h4-11H,3,12-14H2,1-2H3,(H,22,25). The fourth-order valence-electron chi connectivity index (χ4n) is 2.74. The molecular weight excluding hydrogens is 390 g/mol. The van der Waals surface area contributed by atoms with E-state index in [1.165, 1.54) is 29.2 Å². The van der Waals surface area contributed by atoms with Crippen LogP contribution in [0.3, 0.4) is 0 Å². The van der Waals surface area contributed by atoms with Crippen molar-refractivity contribution in [3.8, 4) is 0 Å². The Morgan fingerprint density at radius 1 is 1.10 bits per heavy atom. The molecule has 0 atom stereocenters. The Balaban J connectivity index is 1.98. The van der Waals surface area contributed by atoms with Crippen molar-refractivity contribution in [2.24, 2.45) is 0 Å². The van der Waals surface area contributed by atoms with Crippen molar-refractivity contribution in [3.63, 3.8) is 0 Å². The van der Waals surface area contributed by atoms with Crippen LogP contribution in [0.25, 0.3) is 0 Å². The van der Waals surface area contributed by atoms with E-state index in [0.29, 0.717) is 18.7 Å². The van der Waals surface area contributed by atoms with Gasteiger partial charge < -0.3 is 15.0 Å². The minimum absolute atomic E-state index is 0.204. The number of nitrogens with one attached hydrogen (secondary N) is 1. The third kappa shape index (κ3) is 6.13. The minimum Gasteiger partial charge on any atom is -0.452 e. The highest BCUT2D eigenvalue weighted by Crippen LogP contribution is 2.18. The molecule has 9 nitrogen and oxygen atoms in total. The van der Waals surface area contributed by atoms with Crippen molar-refractivity contribution < 1.29 is 24.0 Å². The molecule has 0 aliphatic rings. The molecule has 9 heteroatoms. The van der Waals surface area contributed by atoms with Gasteiger partial charge in [0.25, 0.3) is 11.6 Å². The zero-order valence-electron chi connectivity index (χ0n) is 16.8. The van der Waals surface area contributed by atoms with Gasteiger partial charge in [0.15, 0.2) is 6.61 Å². The summed E-state index contributed by atoms with van der Waals surface area (Å²) in [7, 11) is 0. The lowest BCUT2D eigenvalue weighted by Crippen LogP contribution is -2.40. The SMILES string of the molecule is CCCN(CC(=O)Nc1ccccc1C)C(=O)COC(=O)c1ccccc1[N+](=O)[O-]. The molecule has 2 aromatic carbocycles. The summed E-state index contributed by atoms with van der Waals surface area (Å²) in [5, 5.41) is 13.8. The van der Waals surface area contributed by atoms with Crippen molar-refractivity contribution >= 4 is 29.2 Å². The number of anilines is 1. The van der Waals surface area contributed by atoms with Crippen molar-refractivity contribution in [2.75, 3.05) is 25.0 Å². The molecule has 0 unspecified atom stereocenters. The van der Waals surface area contributed by atoms with Gasteiger partial charge in [0, 0.05) is 18.3 Å². The van der Waals surface area contributed by atoms with Crippen molar-refractivity contribution in [1.29, 1.82) is 0 Å². The number of rotatable bonds is 9. The number of carbonyl (C=O) groups is 3. The van der Waals surface area contributed by atoms with Crippen molar-refractivity contribution in [3.05, 3.63) is 69.8 Å². The number of carbonyl (C=O) groups excluding carboxylic acids is 3. The lowest BCUT2D eigenvalue weighted by atomic mass is 10.2. The normalized spacial score (nSPS) is 10.2. The monoisotopic (exact) mass is 413 g/mol. The molecule has 30 heavy (non-hydrogen) atoms. The highest BCUT2D eigenvalue weighted by Gasteiger charge is 2.23. The molecular formula is C21H23N3O6. The van der Waals surface area contributed by atoms with Gasteiger partial charge in [-0.05, 0) is 31.0 Å². The zero-order valence-corrected chi connectivity index (χ0v) is 16.8. The van der Waals surface area contributed by atoms with Gasteiger partial charge in [0.05, 0.1) is 11.5 Å². The van der Waals surface area contributed by atoms with Gasteiger partial charge in [-0.25, -0.2) is 4.79 Å². The Bertz CT molecular complexity index is 944. The second-order valence-corrected chi connectivity index (χ2v) is 6.53. The number of aryl methyl sites for hydroxylation is 1. The predicted molar refractivity (Wildman–Crippen MR) is 110 cm³/mol. The summed E-state index contributed by atoms with van der Waals surface area (Å²) < 4.78 is 4.96. The quantitative estimate of drug-likeness (QED) is 0.383. The number of ether oxygens (including phenoxy) is 1. The van der Waals surface area contributed by atoms with Crippen LogP contribution < -0.4 is 5.32 Å². The van der Waals surface area contributed by atoms with E-state index >= 15 is 0 Å². The van der Waals surface area contributed by atoms with Gasteiger partial charge in [0.2, 0.25) is 5.91 Å². The summed E-state index contributed by atoms with van der Waals surface area (Å²) in [4.78, 5) is 48.6. The van der Waals surface area contributed by atoms with E-state index in [1.807, 2.05) is 26.0 Å². The third-order valence-electron chi connectivity index (χ3n) is 4.25. The summed E-state index contributed by atoms with van der Waals surface area (Å²) in [6, 6.07) is 12.6. The van der Waals surface area contributed by atoms with Crippen molar-refractivity contribution in [1.82, 2.24) is 4.90 Å². The molecule has 0 heterocycles. The first-order valence-corrected chi connectivity index (χ1v) is 9.37. The average Bonchev–Trinajstić information content (AvgIpc) is 2.73. The third-order valence-corrected chi connectivity index (χ3v) is 4.25. The Labute approximate surface area is 173 Å². The van der Waals surface area contributed by atoms with E-state index in [0.717, 1.165) is 5.56 Å². The fraction of sp³-hybridized carbons (Fsp3) is 0.286. The lowest BCUT2D eigenvalue weighted by Gasteiger charge is -2.21. The topological polar surface area (TPSA) is 119 Å². The zero-order chi connectivity index (χ0) is 22.1. The van der Waals surface area contributed by atoms with E-state index in [2.05, 4.69) is 5.32 Å². The maximum atomic E-state index is 12.5. The molecule has 2 rings (SSSR count). The Kier molecular flexibility index (Phi) is 8.04. The first-order chi connectivity index (χ1) is 14.3. The maximum absolute atomic E-state index is 12.5. The van der Waals surface area contributed by atoms with Gasteiger partial charge in [-0.1, -0.05) is 37.3 Å². The molecule has 158 valence electrons. The van der Waals surface area contributed by atoms with Gasteiger partial charge in [-0.15, -0.1) is 0 Å². The minimum atomic E-state index is -0.975. The van der Waals surface area contributed by atoms with E-state index in [4.69, 9.17) is 4.74 Å². The van der Waals surface area contributed by atoms with E-state index in [1.54, 1.807) is 12.1 Å². The number of nitro benzene ring substituents is 1. The summed E-state index contributed by atoms with van der Waals surface area (Å²) in [6.45, 7) is 3.17. The largest absolute Gasteiger partial charge is 0.452 e. The van der Waals surface area contributed by atoms with E-state index in [9.17, 15) is 24.5 Å². The number of hydrogen-bond acceptors (Lipinski definition) is 6. The number of nitrogens with zero attached hydrogens (tertiary/aromatic N) is 2. The molecule has 0 spiro atoms.